The first kappa shape index (κ1) is 14.3. The van der Waals surface area contributed by atoms with Gasteiger partial charge in [0, 0.05) is 11.6 Å². The second-order valence-corrected chi connectivity index (χ2v) is 5.42. The maximum Gasteiger partial charge on any atom is 0.230 e. The third-order valence-electron chi connectivity index (χ3n) is 2.93. The van der Waals surface area contributed by atoms with Gasteiger partial charge < -0.3 is 5.32 Å². The first-order valence-electron chi connectivity index (χ1n) is 6.62. The quantitative estimate of drug-likeness (QED) is 0.801. The van der Waals surface area contributed by atoms with Crippen molar-refractivity contribution in [3.8, 4) is 10.7 Å². The Morgan fingerprint density at radius 2 is 2.00 bits per heavy atom. The van der Waals surface area contributed by atoms with Crippen LogP contribution in [0.2, 0.25) is 0 Å². The van der Waals surface area contributed by atoms with E-state index in [4.69, 9.17) is 0 Å². The second kappa shape index (κ2) is 6.44. The summed E-state index contributed by atoms with van der Waals surface area (Å²) < 4.78 is 13.5. The van der Waals surface area contributed by atoms with Crippen LogP contribution in [-0.2, 0) is 11.2 Å². The second-order valence-electron chi connectivity index (χ2n) is 4.56. The van der Waals surface area contributed by atoms with Crippen LogP contribution in [0.3, 0.4) is 0 Å². The van der Waals surface area contributed by atoms with Crippen molar-refractivity contribution in [3.63, 3.8) is 0 Å². The van der Waals surface area contributed by atoms with Gasteiger partial charge in [-0.3, -0.25) is 9.78 Å². The minimum atomic E-state index is -0.455. The van der Waals surface area contributed by atoms with Crippen molar-refractivity contribution in [2.24, 2.45) is 0 Å². The summed E-state index contributed by atoms with van der Waals surface area (Å²) in [6.07, 6.45) is 1.79. The largest absolute Gasteiger partial charge is 0.323 e. The number of hydrogen-bond acceptors (Lipinski definition) is 4. The molecule has 0 fully saturated rings. The molecule has 0 aliphatic heterocycles. The number of halogens is 1. The Labute approximate surface area is 130 Å². The van der Waals surface area contributed by atoms with E-state index < -0.39 is 5.82 Å². The van der Waals surface area contributed by atoms with Gasteiger partial charge in [0.25, 0.3) is 0 Å². The fourth-order valence-corrected chi connectivity index (χ4v) is 2.71. The van der Waals surface area contributed by atoms with E-state index in [1.54, 1.807) is 18.3 Å². The van der Waals surface area contributed by atoms with Gasteiger partial charge in [0.1, 0.15) is 10.8 Å². The van der Waals surface area contributed by atoms with Crippen LogP contribution in [0.15, 0.2) is 54.0 Å². The molecule has 0 saturated carbocycles. The van der Waals surface area contributed by atoms with E-state index in [-0.39, 0.29) is 18.0 Å². The number of carbonyl (C=O) groups is 1. The molecule has 0 bridgehead atoms. The number of pyridine rings is 1. The first-order valence-corrected chi connectivity index (χ1v) is 7.50. The number of nitrogens with zero attached hydrogens (tertiary/aromatic N) is 2. The zero-order valence-electron chi connectivity index (χ0n) is 11.5. The van der Waals surface area contributed by atoms with Crippen LogP contribution in [0.4, 0.5) is 10.1 Å². The highest BCUT2D eigenvalue weighted by Crippen LogP contribution is 2.22. The molecule has 0 unspecified atom stereocenters. The summed E-state index contributed by atoms with van der Waals surface area (Å²) in [7, 11) is 0. The molecule has 0 aliphatic rings. The van der Waals surface area contributed by atoms with Gasteiger partial charge in [0.15, 0.2) is 0 Å². The third kappa shape index (κ3) is 3.35. The Kier molecular flexibility index (Phi) is 4.20. The average molecular weight is 313 g/mol. The van der Waals surface area contributed by atoms with E-state index in [1.807, 2.05) is 23.6 Å². The van der Waals surface area contributed by atoms with Crippen LogP contribution in [-0.4, -0.2) is 15.9 Å². The molecule has 1 amide bonds. The first-order chi connectivity index (χ1) is 10.7. The highest BCUT2D eigenvalue weighted by Gasteiger charge is 2.11. The lowest BCUT2D eigenvalue weighted by atomic mass is 10.2. The maximum atomic E-state index is 13.5. The fourth-order valence-electron chi connectivity index (χ4n) is 1.92. The number of anilines is 1. The number of carbonyl (C=O) groups excluding carboxylic acids is 1. The molecule has 0 radical (unpaired) electrons. The van der Waals surface area contributed by atoms with Crippen molar-refractivity contribution in [1.82, 2.24) is 9.97 Å². The SMILES string of the molecule is O=C(Cc1csc(-c2ccccn2)n1)Nc1ccccc1F. The highest BCUT2D eigenvalue weighted by atomic mass is 32.1. The number of hydrogen-bond donors (Lipinski definition) is 1. The number of amides is 1. The Hall–Kier alpha value is -2.60. The molecule has 1 N–H and O–H groups in total. The zero-order valence-corrected chi connectivity index (χ0v) is 12.3. The molecule has 0 atom stereocenters. The molecule has 110 valence electrons. The van der Waals surface area contributed by atoms with E-state index in [9.17, 15) is 9.18 Å². The Morgan fingerprint density at radius 1 is 1.18 bits per heavy atom. The number of para-hydroxylation sites is 1. The summed E-state index contributed by atoms with van der Waals surface area (Å²) in [5.74, 6) is -0.758. The van der Waals surface area contributed by atoms with Crippen molar-refractivity contribution < 1.29 is 9.18 Å². The van der Waals surface area contributed by atoms with E-state index in [2.05, 4.69) is 15.3 Å². The van der Waals surface area contributed by atoms with Crippen molar-refractivity contribution in [2.75, 3.05) is 5.32 Å². The lowest BCUT2D eigenvalue weighted by Crippen LogP contribution is -2.15. The molecule has 3 rings (SSSR count). The van der Waals surface area contributed by atoms with Crippen molar-refractivity contribution >= 4 is 22.9 Å². The van der Waals surface area contributed by atoms with E-state index in [0.29, 0.717) is 5.69 Å². The predicted molar refractivity (Wildman–Crippen MR) is 84.1 cm³/mol. The van der Waals surface area contributed by atoms with Gasteiger partial charge in [0.05, 0.1) is 23.5 Å². The zero-order chi connectivity index (χ0) is 15.4. The molecular formula is C16H12FN3OS. The molecule has 0 saturated heterocycles. The van der Waals surface area contributed by atoms with Crippen molar-refractivity contribution in [1.29, 1.82) is 0 Å². The maximum absolute atomic E-state index is 13.5. The fraction of sp³-hybridized carbons (Fsp3) is 0.0625. The van der Waals surface area contributed by atoms with Crippen LogP contribution in [0.5, 0.6) is 0 Å². The molecule has 22 heavy (non-hydrogen) atoms. The van der Waals surface area contributed by atoms with Crippen LogP contribution in [0.1, 0.15) is 5.69 Å². The molecule has 1 aromatic carbocycles. The lowest BCUT2D eigenvalue weighted by Gasteiger charge is -2.04. The molecule has 0 aliphatic carbocycles. The molecule has 3 aromatic rings. The summed E-state index contributed by atoms with van der Waals surface area (Å²) in [5, 5.41) is 5.11. The van der Waals surface area contributed by atoms with E-state index >= 15 is 0 Å². The summed E-state index contributed by atoms with van der Waals surface area (Å²) in [5.41, 5.74) is 1.58. The van der Waals surface area contributed by atoms with Gasteiger partial charge in [-0.2, -0.15) is 0 Å². The van der Waals surface area contributed by atoms with Crippen LogP contribution in [0.25, 0.3) is 10.7 Å². The molecule has 4 nitrogen and oxygen atoms in total. The normalized spacial score (nSPS) is 10.4. The summed E-state index contributed by atoms with van der Waals surface area (Å²) >= 11 is 1.43. The summed E-state index contributed by atoms with van der Waals surface area (Å²) in [4.78, 5) is 20.6. The van der Waals surface area contributed by atoms with Crippen molar-refractivity contribution in [3.05, 3.63) is 65.6 Å². The summed E-state index contributed by atoms with van der Waals surface area (Å²) in [6.45, 7) is 0. The third-order valence-corrected chi connectivity index (χ3v) is 3.84. The minimum absolute atomic E-state index is 0.0949. The van der Waals surface area contributed by atoms with E-state index in [1.165, 1.54) is 23.5 Å². The van der Waals surface area contributed by atoms with Gasteiger partial charge in [-0.1, -0.05) is 18.2 Å². The van der Waals surface area contributed by atoms with Gasteiger partial charge in [-0.05, 0) is 24.3 Å². The number of rotatable bonds is 4. The number of aromatic nitrogens is 2. The summed E-state index contributed by atoms with van der Waals surface area (Å²) in [6, 6.07) is 11.6. The number of benzene rings is 1. The Bertz CT molecular complexity index is 789. The van der Waals surface area contributed by atoms with Crippen molar-refractivity contribution in [2.45, 2.75) is 6.42 Å². The Morgan fingerprint density at radius 3 is 2.77 bits per heavy atom. The molecular weight excluding hydrogens is 301 g/mol. The number of nitrogens with one attached hydrogen (secondary N) is 1. The highest BCUT2D eigenvalue weighted by molar-refractivity contribution is 7.13. The smallest absolute Gasteiger partial charge is 0.230 e. The topological polar surface area (TPSA) is 54.9 Å². The molecule has 6 heteroatoms. The lowest BCUT2D eigenvalue weighted by molar-refractivity contribution is -0.115. The predicted octanol–water partition coefficient (Wildman–Crippen LogP) is 3.53. The van der Waals surface area contributed by atoms with Crippen LogP contribution >= 0.6 is 11.3 Å². The number of thiazole rings is 1. The van der Waals surface area contributed by atoms with Gasteiger partial charge in [0.2, 0.25) is 5.91 Å². The molecule has 2 heterocycles. The Balaban J connectivity index is 1.68. The van der Waals surface area contributed by atoms with Gasteiger partial charge in [-0.25, -0.2) is 9.37 Å². The monoisotopic (exact) mass is 313 g/mol. The van der Waals surface area contributed by atoms with Crippen LogP contribution < -0.4 is 5.32 Å². The van der Waals surface area contributed by atoms with Gasteiger partial charge in [-0.15, -0.1) is 11.3 Å². The standard InChI is InChI=1S/C16H12FN3OS/c17-12-5-1-2-6-13(12)20-15(21)9-11-10-22-16(19-11)14-7-3-4-8-18-14/h1-8,10H,9H2,(H,20,21). The molecule has 2 aromatic heterocycles. The van der Waals surface area contributed by atoms with E-state index in [0.717, 1.165) is 10.7 Å². The van der Waals surface area contributed by atoms with Gasteiger partial charge >= 0.3 is 0 Å². The minimum Gasteiger partial charge on any atom is -0.323 e. The average Bonchev–Trinajstić information content (AvgIpc) is 2.99. The van der Waals surface area contributed by atoms with Crippen LogP contribution in [0, 0.1) is 5.82 Å². The molecule has 0 spiro atoms.